The fourth-order valence-electron chi connectivity index (χ4n) is 1.87. The number of nitrogens with zero attached hydrogens (tertiary/aromatic N) is 2. The molecule has 1 atom stereocenters. The maximum absolute atomic E-state index is 11.9. The van der Waals surface area contributed by atoms with Crippen molar-refractivity contribution >= 4 is 5.91 Å². The third kappa shape index (κ3) is 5.83. The molecule has 1 unspecified atom stereocenters. The lowest BCUT2D eigenvalue weighted by Gasteiger charge is -2.21. The van der Waals surface area contributed by atoms with E-state index in [1.807, 2.05) is 34.6 Å². The number of aryl methyl sites for hydroxylation is 1. The second-order valence-electron chi connectivity index (χ2n) is 6.69. The molecule has 0 spiro atoms. The van der Waals surface area contributed by atoms with Gasteiger partial charge in [-0.3, -0.25) is 4.79 Å². The van der Waals surface area contributed by atoms with Gasteiger partial charge in [-0.05, 0) is 12.3 Å². The van der Waals surface area contributed by atoms with Crippen molar-refractivity contribution in [3.05, 3.63) is 11.7 Å². The zero-order valence-corrected chi connectivity index (χ0v) is 13.6. The quantitative estimate of drug-likeness (QED) is 0.801. The molecule has 1 amide bonds. The van der Waals surface area contributed by atoms with Gasteiger partial charge >= 0.3 is 0 Å². The standard InChI is InChI=1S/C15H27N3O3/c1-10(2)11(8-9-19)16-12(20)6-7-13-17-14(18-21-13)15(3,4)5/h10-11,19H,6-9H2,1-5H3,(H,16,20). The van der Waals surface area contributed by atoms with Gasteiger partial charge in [0.15, 0.2) is 5.82 Å². The van der Waals surface area contributed by atoms with E-state index in [0.29, 0.717) is 31.0 Å². The van der Waals surface area contributed by atoms with Crippen LogP contribution in [-0.2, 0) is 16.6 Å². The Hall–Kier alpha value is -1.43. The van der Waals surface area contributed by atoms with Crippen molar-refractivity contribution in [3.63, 3.8) is 0 Å². The second-order valence-corrected chi connectivity index (χ2v) is 6.69. The van der Waals surface area contributed by atoms with Crippen LogP contribution < -0.4 is 5.32 Å². The van der Waals surface area contributed by atoms with E-state index in [0.717, 1.165) is 0 Å². The van der Waals surface area contributed by atoms with Gasteiger partial charge in [-0.25, -0.2) is 0 Å². The van der Waals surface area contributed by atoms with Crippen molar-refractivity contribution in [2.45, 2.75) is 65.3 Å². The van der Waals surface area contributed by atoms with E-state index in [1.165, 1.54) is 0 Å². The predicted molar refractivity (Wildman–Crippen MR) is 79.8 cm³/mol. The molecule has 0 bridgehead atoms. The van der Waals surface area contributed by atoms with Gasteiger partial charge in [0.05, 0.1) is 0 Å². The van der Waals surface area contributed by atoms with E-state index in [-0.39, 0.29) is 29.9 Å². The summed E-state index contributed by atoms with van der Waals surface area (Å²) < 4.78 is 5.16. The third-order valence-corrected chi connectivity index (χ3v) is 3.30. The van der Waals surface area contributed by atoms with Crippen LogP contribution in [0.4, 0.5) is 0 Å². The topological polar surface area (TPSA) is 88.2 Å². The lowest BCUT2D eigenvalue weighted by molar-refractivity contribution is -0.122. The maximum atomic E-state index is 11.9. The molecule has 1 aromatic rings. The molecular weight excluding hydrogens is 270 g/mol. The summed E-state index contributed by atoms with van der Waals surface area (Å²) >= 11 is 0. The summed E-state index contributed by atoms with van der Waals surface area (Å²) in [5.41, 5.74) is -0.159. The molecule has 0 aliphatic rings. The summed E-state index contributed by atoms with van der Waals surface area (Å²) in [5.74, 6) is 1.37. The number of nitrogens with one attached hydrogen (secondary N) is 1. The summed E-state index contributed by atoms with van der Waals surface area (Å²) in [6, 6.07) is -0.00433. The minimum Gasteiger partial charge on any atom is -0.396 e. The molecule has 0 radical (unpaired) electrons. The number of carbonyl (C=O) groups excluding carboxylic acids is 1. The van der Waals surface area contributed by atoms with Crippen LogP contribution >= 0.6 is 0 Å². The normalized spacial score (nSPS) is 13.5. The summed E-state index contributed by atoms with van der Waals surface area (Å²) in [5, 5.41) is 15.9. The molecule has 0 aliphatic heterocycles. The Morgan fingerprint density at radius 3 is 2.52 bits per heavy atom. The largest absolute Gasteiger partial charge is 0.396 e. The Labute approximate surface area is 126 Å². The number of aliphatic hydroxyl groups excluding tert-OH is 1. The molecule has 120 valence electrons. The Morgan fingerprint density at radius 1 is 1.38 bits per heavy atom. The summed E-state index contributed by atoms with van der Waals surface area (Å²) in [6.07, 6.45) is 1.30. The molecule has 1 aromatic heterocycles. The van der Waals surface area contributed by atoms with Crippen LogP contribution in [0.1, 0.15) is 59.2 Å². The monoisotopic (exact) mass is 297 g/mol. The molecule has 21 heavy (non-hydrogen) atoms. The summed E-state index contributed by atoms with van der Waals surface area (Å²) in [4.78, 5) is 16.2. The highest BCUT2D eigenvalue weighted by Gasteiger charge is 2.21. The van der Waals surface area contributed by atoms with E-state index in [4.69, 9.17) is 9.63 Å². The van der Waals surface area contributed by atoms with Crippen molar-refractivity contribution < 1.29 is 14.4 Å². The fraction of sp³-hybridized carbons (Fsp3) is 0.800. The number of aromatic nitrogens is 2. The summed E-state index contributed by atoms with van der Waals surface area (Å²) in [6.45, 7) is 10.1. The Bertz CT molecular complexity index is 449. The molecule has 6 heteroatoms. The Morgan fingerprint density at radius 2 is 2.05 bits per heavy atom. The highest BCUT2D eigenvalue weighted by atomic mass is 16.5. The third-order valence-electron chi connectivity index (χ3n) is 3.30. The molecule has 1 heterocycles. The number of aliphatic hydroxyl groups is 1. The highest BCUT2D eigenvalue weighted by molar-refractivity contribution is 5.76. The number of amides is 1. The fourth-order valence-corrected chi connectivity index (χ4v) is 1.87. The first-order chi connectivity index (χ1) is 9.74. The smallest absolute Gasteiger partial charge is 0.227 e. The zero-order valence-electron chi connectivity index (χ0n) is 13.6. The average molecular weight is 297 g/mol. The average Bonchev–Trinajstić information content (AvgIpc) is 2.84. The number of carbonyl (C=O) groups is 1. The first-order valence-electron chi connectivity index (χ1n) is 7.47. The van der Waals surface area contributed by atoms with Crippen LogP contribution in [0.2, 0.25) is 0 Å². The molecule has 0 aliphatic carbocycles. The SMILES string of the molecule is CC(C)C(CCO)NC(=O)CCc1nc(C(C)(C)C)no1. The lowest BCUT2D eigenvalue weighted by Crippen LogP contribution is -2.39. The van der Waals surface area contributed by atoms with Gasteiger partial charge < -0.3 is 14.9 Å². The van der Waals surface area contributed by atoms with Crippen LogP contribution in [0, 0.1) is 5.92 Å². The molecule has 2 N–H and O–H groups in total. The minimum absolute atomic E-state index is 0.00433. The molecule has 0 saturated carbocycles. The predicted octanol–water partition coefficient (Wildman–Crippen LogP) is 1.82. The number of rotatable bonds is 7. The van der Waals surface area contributed by atoms with Crippen molar-refractivity contribution in [2.75, 3.05) is 6.61 Å². The van der Waals surface area contributed by atoms with E-state index in [1.54, 1.807) is 0 Å². The zero-order chi connectivity index (χ0) is 16.0. The van der Waals surface area contributed by atoms with Gasteiger partial charge in [0, 0.05) is 30.9 Å². The molecule has 1 rings (SSSR count). The second kappa shape index (κ2) is 7.54. The highest BCUT2D eigenvalue weighted by Crippen LogP contribution is 2.18. The van der Waals surface area contributed by atoms with Crippen LogP contribution in [0.25, 0.3) is 0 Å². The van der Waals surface area contributed by atoms with E-state index >= 15 is 0 Å². The molecular formula is C15H27N3O3. The van der Waals surface area contributed by atoms with E-state index in [9.17, 15) is 4.79 Å². The van der Waals surface area contributed by atoms with E-state index < -0.39 is 0 Å². The Kier molecular flexibility index (Phi) is 6.33. The van der Waals surface area contributed by atoms with Gasteiger partial charge in [0.1, 0.15) is 0 Å². The van der Waals surface area contributed by atoms with Crippen molar-refractivity contribution in [1.29, 1.82) is 0 Å². The van der Waals surface area contributed by atoms with Crippen LogP contribution in [0.3, 0.4) is 0 Å². The van der Waals surface area contributed by atoms with Crippen LogP contribution in [0.5, 0.6) is 0 Å². The van der Waals surface area contributed by atoms with Crippen molar-refractivity contribution in [3.8, 4) is 0 Å². The first-order valence-corrected chi connectivity index (χ1v) is 7.47. The number of hydrogen-bond acceptors (Lipinski definition) is 5. The molecule has 0 fully saturated rings. The van der Waals surface area contributed by atoms with Gasteiger partial charge in [-0.1, -0.05) is 39.8 Å². The molecule has 0 saturated heterocycles. The minimum atomic E-state index is -0.159. The van der Waals surface area contributed by atoms with Crippen molar-refractivity contribution in [2.24, 2.45) is 5.92 Å². The van der Waals surface area contributed by atoms with Crippen LogP contribution in [0.15, 0.2) is 4.52 Å². The molecule has 0 aromatic carbocycles. The van der Waals surface area contributed by atoms with Gasteiger partial charge in [-0.15, -0.1) is 0 Å². The lowest BCUT2D eigenvalue weighted by atomic mass is 9.96. The number of hydrogen-bond donors (Lipinski definition) is 2. The van der Waals surface area contributed by atoms with Crippen LogP contribution in [-0.4, -0.2) is 33.8 Å². The van der Waals surface area contributed by atoms with Gasteiger partial charge in [0.2, 0.25) is 11.8 Å². The van der Waals surface area contributed by atoms with Gasteiger partial charge in [-0.2, -0.15) is 4.98 Å². The first kappa shape index (κ1) is 17.6. The van der Waals surface area contributed by atoms with Gasteiger partial charge in [0.25, 0.3) is 0 Å². The summed E-state index contributed by atoms with van der Waals surface area (Å²) in [7, 11) is 0. The molecule has 6 nitrogen and oxygen atoms in total. The maximum Gasteiger partial charge on any atom is 0.227 e. The van der Waals surface area contributed by atoms with Crippen molar-refractivity contribution in [1.82, 2.24) is 15.5 Å². The van der Waals surface area contributed by atoms with E-state index in [2.05, 4.69) is 15.5 Å². The Balaban J connectivity index is 2.47.